The van der Waals surface area contributed by atoms with E-state index in [0.29, 0.717) is 0 Å². The molecule has 0 N–H and O–H groups in total. The summed E-state index contributed by atoms with van der Waals surface area (Å²) in [5.41, 5.74) is 0. The Bertz CT molecular complexity index is 205. The van der Waals surface area contributed by atoms with Gasteiger partial charge in [0.25, 0.3) is 0 Å². The number of aromatic nitrogens is 2. The highest BCUT2D eigenvalue weighted by atomic mass is 32.2. The fourth-order valence-electron chi connectivity index (χ4n) is 0.728. The largest absolute Gasteiger partial charge is 0.237 e. The fourth-order valence-corrected chi connectivity index (χ4v) is 1.53. The van der Waals surface area contributed by atoms with Crippen LogP contribution in [0.25, 0.3) is 0 Å². The Labute approximate surface area is 76.2 Å². The summed E-state index contributed by atoms with van der Waals surface area (Å²) in [5.74, 6) is 0.937. The van der Waals surface area contributed by atoms with Gasteiger partial charge in [-0.15, -0.1) is 0 Å². The number of hydrogen-bond acceptors (Lipinski definition) is 3. The van der Waals surface area contributed by atoms with Crippen LogP contribution >= 0.6 is 11.8 Å². The van der Waals surface area contributed by atoms with Gasteiger partial charge in [0.05, 0.1) is 6.61 Å². The molecule has 1 rings (SSSR count). The summed E-state index contributed by atoms with van der Waals surface area (Å²) in [7, 11) is 0. The van der Waals surface area contributed by atoms with Crippen molar-refractivity contribution in [1.82, 2.24) is 9.97 Å². The zero-order valence-corrected chi connectivity index (χ0v) is 7.59. The number of thioether (sulfide) groups is 1. The molecule has 0 saturated heterocycles. The monoisotopic (exact) mass is 183 g/mol. The van der Waals surface area contributed by atoms with Crippen LogP contribution in [0.15, 0.2) is 23.6 Å². The van der Waals surface area contributed by atoms with E-state index in [1.807, 2.05) is 0 Å². The van der Waals surface area contributed by atoms with Gasteiger partial charge in [-0.2, -0.15) is 0 Å². The van der Waals surface area contributed by atoms with E-state index in [-0.39, 0.29) is 6.61 Å². The highest BCUT2D eigenvalue weighted by molar-refractivity contribution is 7.99. The first-order valence-corrected chi connectivity index (χ1v) is 4.90. The molecule has 3 nitrogen and oxygen atoms in total. The molecule has 0 fully saturated rings. The summed E-state index contributed by atoms with van der Waals surface area (Å²) in [6.45, 7) is 0.0240. The van der Waals surface area contributed by atoms with Crippen LogP contribution in [0.5, 0.6) is 0 Å². The number of nitrogens with zero attached hydrogens (tertiary/aromatic N) is 2. The molecule has 0 bridgehead atoms. The van der Waals surface area contributed by atoms with Crippen molar-refractivity contribution in [2.45, 2.75) is 18.0 Å². The topological polar surface area (TPSA) is 45.7 Å². The van der Waals surface area contributed by atoms with Crippen molar-refractivity contribution < 1.29 is 5.11 Å². The molecule has 0 atom stereocenters. The van der Waals surface area contributed by atoms with Crippen LogP contribution in [0, 0.1) is 0 Å². The molecule has 0 aliphatic rings. The van der Waals surface area contributed by atoms with Crippen LogP contribution in [-0.2, 0) is 5.11 Å². The Morgan fingerprint density at radius 1 is 1.25 bits per heavy atom. The summed E-state index contributed by atoms with van der Waals surface area (Å²) in [6, 6.07) is 1.79. The summed E-state index contributed by atoms with van der Waals surface area (Å²) in [5, 5.41) is 10.9. The van der Waals surface area contributed by atoms with Gasteiger partial charge in [-0.05, 0) is 18.9 Å². The number of rotatable bonds is 5. The second-order valence-corrected chi connectivity index (χ2v) is 3.35. The molecule has 1 heterocycles. The Hall–Kier alpha value is -0.610. The van der Waals surface area contributed by atoms with Crippen LogP contribution in [-0.4, -0.2) is 22.3 Å². The predicted molar refractivity (Wildman–Crippen MR) is 47.5 cm³/mol. The first-order chi connectivity index (χ1) is 5.93. The van der Waals surface area contributed by atoms with E-state index < -0.39 is 0 Å². The average Bonchev–Trinajstić information content (AvgIpc) is 2.14. The maximum Gasteiger partial charge on any atom is 0.187 e. The van der Waals surface area contributed by atoms with Gasteiger partial charge in [0.2, 0.25) is 0 Å². The molecule has 1 radical (unpaired) electrons. The van der Waals surface area contributed by atoms with Crippen molar-refractivity contribution in [2.24, 2.45) is 0 Å². The molecule has 0 amide bonds. The van der Waals surface area contributed by atoms with Crippen molar-refractivity contribution >= 4 is 11.8 Å². The maximum atomic E-state index is 10.1. The molecule has 0 aliphatic carbocycles. The molecule has 0 aliphatic heterocycles. The van der Waals surface area contributed by atoms with E-state index in [0.717, 1.165) is 23.8 Å². The standard InChI is InChI=1S/C8H11N2OS/c11-6-1-2-7-12-8-9-4-3-5-10-8/h3-5H,1-2,6-7H2. The normalized spacial score (nSPS) is 10.1. The van der Waals surface area contributed by atoms with Crippen LogP contribution in [0.4, 0.5) is 0 Å². The third-order valence-electron chi connectivity index (χ3n) is 1.31. The molecule has 1 aromatic heterocycles. The van der Waals surface area contributed by atoms with E-state index in [4.69, 9.17) is 0 Å². The maximum absolute atomic E-state index is 10.1. The highest BCUT2D eigenvalue weighted by Gasteiger charge is 1.94. The van der Waals surface area contributed by atoms with Crippen LogP contribution in [0.1, 0.15) is 12.8 Å². The van der Waals surface area contributed by atoms with Gasteiger partial charge in [0.15, 0.2) is 5.16 Å². The first kappa shape index (κ1) is 9.48. The first-order valence-electron chi connectivity index (χ1n) is 3.91. The number of unbranched alkanes of at least 4 members (excludes halogenated alkanes) is 1. The van der Waals surface area contributed by atoms with Crippen molar-refractivity contribution in [3.05, 3.63) is 18.5 Å². The smallest absolute Gasteiger partial charge is 0.187 e. The van der Waals surface area contributed by atoms with Crippen molar-refractivity contribution in [2.75, 3.05) is 12.4 Å². The molecule has 0 spiro atoms. The molecule has 0 unspecified atom stereocenters. The fraction of sp³-hybridized carbons (Fsp3) is 0.500. The van der Waals surface area contributed by atoms with E-state index in [9.17, 15) is 5.11 Å². The summed E-state index contributed by atoms with van der Waals surface area (Å²) in [4.78, 5) is 8.10. The quantitative estimate of drug-likeness (QED) is 0.397. The van der Waals surface area contributed by atoms with Gasteiger partial charge in [-0.1, -0.05) is 11.8 Å². The predicted octanol–water partition coefficient (Wildman–Crippen LogP) is 1.78. The highest BCUT2D eigenvalue weighted by Crippen LogP contribution is 2.12. The Morgan fingerprint density at radius 3 is 2.67 bits per heavy atom. The van der Waals surface area contributed by atoms with Crippen molar-refractivity contribution in [3.8, 4) is 0 Å². The minimum atomic E-state index is 0.0240. The van der Waals surface area contributed by atoms with Gasteiger partial charge in [-0.3, -0.25) is 0 Å². The molecule has 0 saturated carbocycles. The average molecular weight is 183 g/mol. The summed E-state index contributed by atoms with van der Waals surface area (Å²) >= 11 is 1.60. The minimum Gasteiger partial charge on any atom is -0.237 e. The lowest BCUT2D eigenvalue weighted by Crippen LogP contribution is -1.87. The zero-order valence-electron chi connectivity index (χ0n) is 6.77. The van der Waals surface area contributed by atoms with Crippen LogP contribution < -0.4 is 0 Å². The molecular weight excluding hydrogens is 172 g/mol. The van der Waals surface area contributed by atoms with E-state index >= 15 is 0 Å². The van der Waals surface area contributed by atoms with Crippen molar-refractivity contribution in [3.63, 3.8) is 0 Å². The summed E-state index contributed by atoms with van der Waals surface area (Å²) in [6.07, 6.45) is 5.15. The third-order valence-corrected chi connectivity index (χ3v) is 2.27. The van der Waals surface area contributed by atoms with Crippen LogP contribution in [0.2, 0.25) is 0 Å². The van der Waals surface area contributed by atoms with Gasteiger partial charge < -0.3 is 0 Å². The summed E-state index contributed by atoms with van der Waals surface area (Å²) < 4.78 is 0. The molecule has 65 valence electrons. The molecule has 12 heavy (non-hydrogen) atoms. The van der Waals surface area contributed by atoms with Crippen LogP contribution in [0.3, 0.4) is 0 Å². The molecular formula is C8H11N2OS. The lowest BCUT2D eigenvalue weighted by Gasteiger charge is -1.96. The van der Waals surface area contributed by atoms with Gasteiger partial charge in [0.1, 0.15) is 0 Å². The molecule has 0 aromatic carbocycles. The van der Waals surface area contributed by atoms with E-state index in [2.05, 4.69) is 9.97 Å². The lowest BCUT2D eigenvalue weighted by molar-refractivity contribution is 0.188. The minimum absolute atomic E-state index is 0.0240. The second-order valence-electron chi connectivity index (χ2n) is 2.29. The SMILES string of the molecule is [O]CCCCSc1ncccn1. The van der Waals surface area contributed by atoms with E-state index in [1.165, 1.54) is 0 Å². The molecule has 4 heteroatoms. The van der Waals surface area contributed by atoms with E-state index in [1.54, 1.807) is 30.2 Å². The van der Waals surface area contributed by atoms with Gasteiger partial charge in [-0.25, -0.2) is 15.1 Å². The van der Waals surface area contributed by atoms with Gasteiger partial charge >= 0.3 is 0 Å². The van der Waals surface area contributed by atoms with Gasteiger partial charge in [0, 0.05) is 18.1 Å². The molecule has 1 aromatic rings. The zero-order chi connectivity index (χ0) is 8.65. The lowest BCUT2D eigenvalue weighted by atomic mass is 10.4. The Balaban J connectivity index is 2.16. The Kier molecular flexibility index (Phi) is 4.71. The van der Waals surface area contributed by atoms with Crippen molar-refractivity contribution in [1.29, 1.82) is 0 Å². The third kappa shape index (κ3) is 3.69. The second kappa shape index (κ2) is 5.97. The number of hydrogen-bond donors (Lipinski definition) is 0. The Morgan fingerprint density at radius 2 is 2.00 bits per heavy atom.